The second kappa shape index (κ2) is 12.6. The molecule has 0 aliphatic rings. The van der Waals surface area contributed by atoms with Gasteiger partial charge in [0.1, 0.15) is 5.75 Å². The molecule has 0 aromatic heterocycles. The maximum Gasteiger partial charge on any atom is 0.191 e. The van der Waals surface area contributed by atoms with E-state index in [0.717, 1.165) is 63.8 Å². The van der Waals surface area contributed by atoms with Crippen molar-refractivity contribution in [1.29, 1.82) is 0 Å². The molecule has 0 unspecified atom stereocenters. The van der Waals surface area contributed by atoms with Crippen molar-refractivity contribution in [3.05, 3.63) is 29.3 Å². The van der Waals surface area contributed by atoms with E-state index in [4.69, 9.17) is 9.47 Å². The normalized spacial score (nSPS) is 11.4. The Morgan fingerprint density at radius 3 is 2.71 bits per heavy atom. The fourth-order valence-electron chi connectivity index (χ4n) is 2.41. The zero-order valence-electron chi connectivity index (χ0n) is 15.7. The molecule has 0 bridgehead atoms. The monoisotopic (exact) mass is 335 g/mol. The molecule has 24 heavy (non-hydrogen) atoms. The Labute approximate surface area is 146 Å². The van der Waals surface area contributed by atoms with E-state index in [1.54, 1.807) is 7.11 Å². The van der Waals surface area contributed by atoms with E-state index < -0.39 is 0 Å². The zero-order chi connectivity index (χ0) is 17.6. The van der Waals surface area contributed by atoms with Crippen molar-refractivity contribution in [2.45, 2.75) is 40.0 Å². The number of ether oxygens (including phenoxy) is 2. The van der Waals surface area contributed by atoms with Crippen molar-refractivity contribution in [3.8, 4) is 5.75 Å². The van der Waals surface area contributed by atoms with Crippen LogP contribution >= 0.6 is 0 Å². The summed E-state index contributed by atoms with van der Waals surface area (Å²) in [6, 6.07) is 6.28. The first-order valence-electron chi connectivity index (χ1n) is 8.94. The first-order chi connectivity index (χ1) is 11.7. The van der Waals surface area contributed by atoms with Crippen molar-refractivity contribution in [1.82, 2.24) is 10.6 Å². The fourth-order valence-corrected chi connectivity index (χ4v) is 2.41. The molecule has 0 saturated carbocycles. The number of hydrogen-bond acceptors (Lipinski definition) is 3. The minimum atomic E-state index is 0.788. The van der Waals surface area contributed by atoms with Crippen molar-refractivity contribution in [2.75, 3.05) is 40.0 Å². The van der Waals surface area contributed by atoms with Gasteiger partial charge in [-0.05, 0) is 51.7 Å². The molecule has 136 valence electrons. The Morgan fingerprint density at radius 2 is 2.00 bits per heavy atom. The average molecular weight is 335 g/mol. The summed E-state index contributed by atoms with van der Waals surface area (Å²) in [5.41, 5.74) is 2.47. The molecule has 0 amide bonds. The standard InChI is InChI=1S/C19H33N3O2/c1-5-20-19(21-12-7-8-14-24-6-2)22-13-11-17-15-16(3)9-10-18(17)23-4/h9-10,15H,5-8,11-14H2,1-4H3,(H2,20,21,22). The first-order valence-corrected chi connectivity index (χ1v) is 8.94. The minimum absolute atomic E-state index is 0.788. The summed E-state index contributed by atoms with van der Waals surface area (Å²) in [6.45, 7) is 10.3. The van der Waals surface area contributed by atoms with Gasteiger partial charge in [0.15, 0.2) is 5.96 Å². The van der Waals surface area contributed by atoms with E-state index in [-0.39, 0.29) is 0 Å². The van der Waals surface area contributed by atoms with E-state index >= 15 is 0 Å². The maximum absolute atomic E-state index is 5.43. The third-order valence-electron chi connectivity index (χ3n) is 3.64. The Morgan fingerprint density at radius 1 is 1.17 bits per heavy atom. The van der Waals surface area contributed by atoms with Crippen LogP contribution in [-0.2, 0) is 11.2 Å². The summed E-state index contributed by atoms with van der Waals surface area (Å²) < 4.78 is 10.8. The molecule has 1 aromatic carbocycles. The lowest BCUT2D eigenvalue weighted by molar-refractivity contribution is 0.144. The van der Waals surface area contributed by atoms with E-state index in [2.05, 4.69) is 41.6 Å². The predicted octanol–water partition coefficient (Wildman–Crippen LogP) is 2.92. The van der Waals surface area contributed by atoms with Gasteiger partial charge in [0, 0.05) is 32.8 Å². The smallest absolute Gasteiger partial charge is 0.191 e. The van der Waals surface area contributed by atoms with Crippen molar-refractivity contribution < 1.29 is 9.47 Å². The first kappa shape index (κ1) is 20.3. The zero-order valence-corrected chi connectivity index (χ0v) is 15.7. The van der Waals surface area contributed by atoms with E-state index in [1.165, 1.54) is 11.1 Å². The molecule has 0 aliphatic heterocycles. The minimum Gasteiger partial charge on any atom is -0.496 e. The molecule has 0 radical (unpaired) electrons. The average Bonchev–Trinajstić information content (AvgIpc) is 2.58. The van der Waals surface area contributed by atoms with Gasteiger partial charge in [-0.3, -0.25) is 4.99 Å². The van der Waals surface area contributed by atoms with Gasteiger partial charge in [0.05, 0.1) is 7.11 Å². The number of nitrogens with one attached hydrogen (secondary N) is 2. The summed E-state index contributed by atoms with van der Waals surface area (Å²) in [5, 5.41) is 6.68. The summed E-state index contributed by atoms with van der Waals surface area (Å²) in [5.74, 6) is 1.82. The lowest BCUT2D eigenvalue weighted by Gasteiger charge is -2.13. The lowest BCUT2D eigenvalue weighted by atomic mass is 10.1. The van der Waals surface area contributed by atoms with Gasteiger partial charge >= 0.3 is 0 Å². The fraction of sp³-hybridized carbons (Fsp3) is 0.632. The number of aryl methyl sites for hydroxylation is 1. The quantitative estimate of drug-likeness (QED) is 0.371. The molecule has 2 N–H and O–H groups in total. The van der Waals surface area contributed by atoms with Crippen molar-refractivity contribution in [2.24, 2.45) is 4.99 Å². The Bertz CT molecular complexity index is 490. The maximum atomic E-state index is 5.43. The van der Waals surface area contributed by atoms with Crippen LogP contribution in [0.2, 0.25) is 0 Å². The highest BCUT2D eigenvalue weighted by Gasteiger charge is 2.04. The van der Waals surface area contributed by atoms with Crippen LogP contribution in [0.25, 0.3) is 0 Å². The van der Waals surface area contributed by atoms with Crippen molar-refractivity contribution in [3.63, 3.8) is 0 Å². The van der Waals surface area contributed by atoms with Crippen molar-refractivity contribution >= 4 is 5.96 Å². The summed E-state index contributed by atoms with van der Waals surface area (Å²) in [7, 11) is 1.72. The molecule has 0 heterocycles. The van der Waals surface area contributed by atoms with Crippen LogP contribution in [0.15, 0.2) is 23.2 Å². The number of guanidine groups is 1. The van der Waals surface area contributed by atoms with Crippen LogP contribution in [0, 0.1) is 6.92 Å². The SMILES string of the molecule is CCNC(=NCCCCOCC)NCCc1cc(C)ccc1OC. The third-order valence-corrected chi connectivity index (χ3v) is 3.64. The molecule has 5 nitrogen and oxygen atoms in total. The number of aliphatic imine (C=N–C) groups is 1. The summed E-state index contributed by atoms with van der Waals surface area (Å²) in [6.07, 6.45) is 3.00. The molecule has 0 aliphatic carbocycles. The lowest BCUT2D eigenvalue weighted by Crippen LogP contribution is -2.38. The Hall–Kier alpha value is -1.75. The van der Waals surface area contributed by atoms with Gasteiger partial charge in [0.25, 0.3) is 0 Å². The molecular weight excluding hydrogens is 302 g/mol. The van der Waals surface area contributed by atoms with E-state index in [1.807, 2.05) is 13.0 Å². The second-order valence-corrected chi connectivity index (χ2v) is 5.66. The van der Waals surface area contributed by atoms with E-state index in [9.17, 15) is 0 Å². The molecule has 5 heteroatoms. The van der Waals surface area contributed by atoms with Crippen LogP contribution in [-0.4, -0.2) is 45.9 Å². The largest absolute Gasteiger partial charge is 0.496 e. The highest BCUT2D eigenvalue weighted by Crippen LogP contribution is 2.19. The number of unbranched alkanes of at least 4 members (excludes halogenated alkanes) is 1. The number of benzene rings is 1. The summed E-state index contributed by atoms with van der Waals surface area (Å²) in [4.78, 5) is 4.61. The number of rotatable bonds is 11. The highest BCUT2D eigenvalue weighted by atomic mass is 16.5. The van der Waals surface area contributed by atoms with Gasteiger partial charge in [0.2, 0.25) is 0 Å². The molecule has 0 atom stereocenters. The van der Waals surface area contributed by atoms with Gasteiger partial charge < -0.3 is 20.1 Å². The molecule has 1 rings (SSSR count). The van der Waals surface area contributed by atoms with Gasteiger partial charge in [-0.15, -0.1) is 0 Å². The van der Waals surface area contributed by atoms with Crippen LogP contribution in [0.5, 0.6) is 5.75 Å². The van der Waals surface area contributed by atoms with Gasteiger partial charge in [-0.1, -0.05) is 17.7 Å². The highest BCUT2D eigenvalue weighted by molar-refractivity contribution is 5.79. The van der Waals surface area contributed by atoms with Gasteiger partial charge in [-0.2, -0.15) is 0 Å². The molecule has 1 aromatic rings. The Balaban J connectivity index is 2.41. The number of methoxy groups -OCH3 is 1. The van der Waals surface area contributed by atoms with Crippen LogP contribution in [0.1, 0.15) is 37.8 Å². The van der Waals surface area contributed by atoms with Crippen LogP contribution in [0.3, 0.4) is 0 Å². The number of nitrogens with zero attached hydrogens (tertiary/aromatic N) is 1. The molecule has 0 spiro atoms. The summed E-state index contributed by atoms with van der Waals surface area (Å²) >= 11 is 0. The third kappa shape index (κ3) is 8.20. The molecule has 0 saturated heterocycles. The van der Waals surface area contributed by atoms with Crippen LogP contribution in [0.4, 0.5) is 0 Å². The Kier molecular flexibility index (Phi) is 10.7. The topological polar surface area (TPSA) is 54.9 Å². The van der Waals surface area contributed by atoms with Crippen LogP contribution < -0.4 is 15.4 Å². The second-order valence-electron chi connectivity index (χ2n) is 5.66. The predicted molar refractivity (Wildman–Crippen MR) is 101 cm³/mol. The molecule has 0 fully saturated rings. The molecular formula is C19H33N3O2. The van der Waals surface area contributed by atoms with E-state index in [0.29, 0.717) is 0 Å². The van der Waals surface area contributed by atoms with Gasteiger partial charge in [-0.25, -0.2) is 0 Å². The number of hydrogen-bond donors (Lipinski definition) is 2.